The molecule has 0 spiro atoms. The second-order valence-electron chi connectivity index (χ2n) is 5.49. The molecule has 2 aromatic rings. The third-order valence-corrected chi connectivity index (χ3v) is 4.22. The van der Waals surface area contributed by atoms with Crippen LogP contribution >= 0.6 is 0 Å². The van der Waals surface area contributed by atoms with E-state index in [-0.39, 0.29) is 18.5 Å². The standard InChI is InChI=1S/C14H16N4O2/c19-14(15-12-7-13-9(12)5-6-20-13)8-18-16-10-3-1-2-4-11(10)17-18/h1-4,9,12-13H,5-8H2,(H,15,19). The summed E-state index contributed by atoms with van der Waals surface area (Å²) >= 11 is 0. The minimum atomic E-state index is -0.0272. The molecule has 2 fully saturated rings. The summed E-state index contributed by atoms with van der Waals surface area (Å²) in [4.78, 5) is 13.5. The lowest BCUT2D eigenvalue weighted by atomic mass is 9.76. The van der Waals surface area contributed by atoms with Crippen LogP contribution in [0.3, 0.4) is 0 Å². The molecule has 1 amide bonds. The van der Waals surface area contributed by atoms with Gasteiger partial charge >= 0.3 is 0 Å². The number of benzene rings is 1. The number of rotatable bonds is 3. The zero-order valence-corrected chi connectivity index (χ0v) is 11.0. The van der Waals surface area contributed by atoms with Crippen molar-refractivity contribution in [2.75, 3.05) is 6.61 Å². The molecule has 1 saturated carbocycles. The zero-order chi connectivity index (χ0) is 13.5. The van der Waals surface area contributed by atoms with E-state index in [2.05, 4.69) is 15.5 Å². The molecule has 1 aromatic heterocycles. The second kappa shape index (κ2) is 4.56. The van der Waals surface area contributed by atoms with Crippen molar-refractivity contribution in [1.82, 2.24) is 20.3 Å². The van der Waals surface area contributed by atoms with Gasteiger partial charge in [-0.15, -0.1) is 0 Å². The molecule has 1 aromatic carbocycles. The molecule has 3 unspecified atom stereocenters. The summed E-state index contributed by atoms with van der Waals surface area (Å²) in [6.07, 6.45) is 2.36. The molecule has 6 nitrogen and oxygen atoms in total. The number of carbonyl (C=O) groups is 1. The first kappa shape index (κ1) is 11.8. The predicted octanol–water partition coefficient (Wildman–Crippen LogP) is 0.725. The van der Waals surface area contributed by atoms with E-state index >= 15 is 0 Å². The maximum Gasteiger partial charge on any atom is 0.243 e. The number of hydrogen-bond acceptors (Lipinski definition) is 4. The van der Waals surface area contributed by atoms with E-state index in [1.54, 1.807) is 0 Å². The Morgan fingerprint density at radius 3 is 2.80 bits per heavy atom. The summed E-state index contributed by atoms with van der Waals surface area (Å²) in [6.45, 7) is 0.997. The molecule has 4 rings (SSSR count). The summed E-state index contributed by atoms with van der Waals surface area (Å²) in [5.74, 6) is 0.476. The van der Waals surface area contributed by atoms with Crippen molar-refractivity contribution < 1.29 is 9.53 Å². The lowest BCUT2D eigenvalue weighted by Gasteiger charge is -2.39. The van der Waals surface area contributed by atoms with E-state index in [1.165, 1.54) is 4.80 Å². The van der Waals surface area contributed by atoms with Gasteiger partial charge in [-0.05, 0) is 25.0 Å². The van der Waals surface area contributed by atoms with Crippen molar-refractivity contribution in [2.24, 2.45) is 5.92 Å². The number of ether oxygens (including phenoxy) is 1. The van der Waals surface area contributed by atoms with Crippen molar-refractivity contribution in [3.05, 3.63) is 24.3 Å². The van der Waals surface area contributed by atoms with Gasteiger partial charge in [-0.2, -0.15) is 15.0 Å². The molecule has 1 aliphatic heterocycles. The Balaban J connectivity index is 1.40. The third kappa shape index (κ3) is 1.96. The molecule has 0 bridgehead atoms. The van der Waals surface area contributed by atoms with Gasteiger partial charge in [0.05, 0.1) is 6.10 Å². The fourth-order valence-electron chi connectivity index (χ4n) is 3.12. The molecule has 2 aliphatic rings. The number of hydrogen-bond donors (Lipinski definition) is 1. The number of nitrogens with zero attached hydrogens (tertiary/aromatic N) is 3. The van der Waals surface area contributed by atoms with E-state index in [0.717, 1.165) is 30.5 Å². The molecule has 2 heterocycles. The molecule has 104 valence electrons. The average Bonchev–Trinajstić information content (AvgIpc) is 2.98. The Bertz CT molecular complexity index is 620. The largest absolute Gasteiger partial charge is 0.378 e. The first-order valence-electron chi connectivity index (χ1n) is 7.00. The Hall–Kier alpha value is -1.95. The van der Waals surface area contributed by atoms with E-state index in [9.17, 15) is 4.79 Å². The van der Waals surface area contributed by atoms with Gasteiger partial charge in [0, 0.05) is 18.6 Å². The number of fused-ring (bicyclic) bond motifs is 2. The highest BCUT2D eigenvalue weighted by Crippen LogP contribution is 2.38. The molecule has 3 atom stereocenters. The Morgan fingerprint density at radius 1 is 1.35 bits per heavy atom. The molecular formula is C14H16N4O2. The number of amides is 1. The molecular weight excluding hydrogens is 256 g/mol. The SMILES string of the molecule is O=C(Cn1nc2ccccc2n1)NC1CC2OCCC12. The fraction of sp³-hybridized carbons (Fsp3) is 0.500. The highest BCUT2D eigenvalue weighted by Gasteiger charge is 2.45. The molecule has 6 heteroatoms. The molecule has 1 N–H and O–H groups in total. The van der Waals surface area contributed by atoms with Gasteiger partial charge in [0.15, 0.2) is 0 Å². The first-order valence-corrected chi connectivity index (χ1v) is 7.00. The smallest absolute Gasteiger partial charge is 0.243 e. The van der Waals surface area contributed by atoms with Crippen LogP contribution in [0.25, 0.3) is 11.0 Å². The van der Waals surface area contributed by atoms with Gasteiger partial charge in [-0.3, -0.25) is 4.79 Å². The van der Waals surface area contributed by atoms with Crippen molar-refractivity contribution in [2.45, 2.75) is 31.5 Å². The number of nitrogens with one attached hydrogen (secondary N) is 1. The maximum absolute atomic E-state index is 12.0. The van der Waals surface area contributed by atoms with E-state index in [1.807, 2.05) is 24.3 Å². The topological polar surface area (TPSA) is 69.0 Å². The van der Waals surface area contributed by atoms with Crippen LogP contribution in [0.1, 0.15) is 12.8 Å². The predicted molar refractivity (Wildman–Crippen MR) is 71.9 cm³/mol. The van der Waals surface area contributed by atoms with Crippen LogP contribution in [0, 0.1) is 5.92 Å². The number of carbonyl (C=O) groups excluding carboxylic acids is 1. The molecule has 0 radical (unpaired) electrons. The third-order valence-electron chi connectivity index (χ3n) is 4.22. The van der Waals surface area contributed by atoms with Gasteiger partial charge in [0.2, 0.25) is 5.91 Å². The van der Waals surface area contributed by atoms with Crippen LogP contribution < -0.4 is 5.32 Å². The molecule has 1 aliphatic carbocycles. The fourth-order valence-corrected chi connectivity index (χ4v) is 3.12. The van der Waals surface area contributed by atoms with Gasteiger partial charge in [-0.1, -0.05) is 12.1 Å². The van der Waals surface area contributed by atoms with Crippen molar-refractivity contribution in [1.29, 1.82) is 0 Å². The van der Waals surface area contributed by atoms with Crippen LogP contribution in [-0.4, -0.2) is 39.7 Å². The van der Waals surface area contributed by atoms with Crippen LogP contribution in [0.5, 0.6) is 0 Å². The molecule has 20 heavy (non-hydrogen) atoms. The van der Waals surface area contributed by atoms with E-state index in [0.29, 0.717) is 12.0 Å². The summed E-state index contributed by atoms with van der Waals surface area (Å²) in [6, 6.07) is 7.87. The zero-order valence-electron chi connectivity index (χ0n) is 11.0. The van der Waals surface area contributed by atoms with Gasteiger partial charge in [0.25, 0.3) is 0 Å². The minimum Gasteiger partial charge on any atom is -0.378 e. The lowest BCUT2D eigenvalue weighted by molar-refractivity contribution is -0.125. The monoisotopic (exact) mass is 272 g/mol. The quantitative estimate of drug-likeness (QED) is 0.894. The van der Waals surface area contributed by atoms with E-state index in [4.69, 9.17) is 4.74 Å². The Morgan fingerprint density at radius 2 is 2.10 bits per heavy atom. The average molecular weight is 272 g/mol. The van der Waals surface area contributed by atoms with Gasteiger partial charge in [0.1, 0.15) is 17.6 Å². The highest BCUT2D eigenvalue weighted by atomic mass is 16.5. The Labute approximate surface area is 116 Å². The summed E-state index contributed by atoms with van der Waals surface area (Å²) in [7, 11) is 0. The van der Waals surface area contributed by atoms with Crippen LogP contribution in [0.4, 0.5) is 0 Å². The Kier molecular flexibility index (Phi) is 2.70. The van der Waals surface area contributed by atoms with Gasteiger partial charge < -0.3 is 10.1 Å². The lowest BCUT2D eigenvalue weighted by Crippen LogP contribution is -2.54. The second-order valence-corrected chi connectivity index (χ2v) is 5.49. The first-order chi connectivity index (χ1) is 9.79. The summed E-state index contributed by atoms with van der Waals surface area (Å²) < 4.78 is 5.54. The number of aromatic nitrogens is 3. The van der Waals surface area contributed by atoms with E-state index < -0.39 is 0 Å². The van der Waals surface area contributed by atoms with Gasteiger partial charge in [-0.25, -0.2) is 0 Å². The van der Waals surface area contributed by atoms with Crippen molar-refractivity contribution >= 4 is 16.9 Å². The van der Waals surface area contributed by atoms with Crippen molar-refractivity contribution in [3.63, 3.8) is 0 Å². The normalized spacial score (nSPS) is 28.1. The molecule has 1 saturated heterocycles. The van der Waals surface area contributed by atoms with Crippen LogP contribution in [0.2, 0.25) is 0 Å². The minimum absolute atomic E-state index is 0.0272. The summed E-state index contributed by atoms with van der Waals surface area (Å²) in [5, 5.41) is 11.6. The van der Waals surface area contributed by atoms with Crippen LogP contribution in [0.15, 0.2) is 24.3 Å². The summed E-state index contributed by atoms with van der Waals surface area (Å²) in [5.41, 5.74) is 1.63. The maximum atomic E-state index is 12.0. The van der Waals surface area contributed by atoms with Crippen molar-refractivity contribution in [3.8, 4) is 0 Å². The van der Waals surface area contributed by atoms with Crippen LogP contribution in [-0.2, 0) is 16.1 Å². The highest BCUT2D eigenvalue weighted by molar-refractivity contribution is 5.77.